The monoisotopic (exact) mass is 325 g/mol. The van der Waals surface area contributed by atoms with Crippen LogP contribution in [-0.2, 0) is 6.54 Å². The van der Waals surface area contributed by atoms with Crippen LogP contribution >= 0.6 is 23.2 Å². The smallest absolute Gasteiger partial charge is 0.142 e. The molecule has 2 aromatic rings. The van der Waals surface area contributed by atoms with E-state index in [4.69, 9.17) is 27.9 Å². The molecular weight excluding hydrogens is 312 g/mol. The molecule has 0 amide bonds. The normalized spacial score (nSPS) is 17.2. The maximum Gasteiger partial charge on any atom is 0.142 e. The molecule has 1 aliphatic rings. The maximum atomic E-state index is 13.7. The lowest BCUT2D eigenvalue weighted by Gasteiger charge is -2.28. The number of fused-ring (bicyclic) bond motifs is 1. The van der Waals surface area contributed by atoms with Gasteiger partial charge in [-0.05, 0) is 18.2 Å². The van der Waals surface area contributed by atoms with Gasteiger partial charge < -0.3 is 10.1 Å². The van der Waals surface area contributed by atoms with Gasteiger partial charge in [-0.25, -0.2) is 4.39 Å². The molecule has 0 radical (unpaired) electrons. The Morgan fingerprint density at radius 3 is 2.86 bits per heavy atom. The van der Waals surface area contributed by atoms with E-state index in [0.29, 0.717) is 34.5 Å². The molecule has 1 N–H and O–H groups in total. The van der Waals surface area contributed by atoms with Crippen molar-refractivity contribution >= 4 is 23.2 Å². The average Bonchev–Trinajstić information content (AvgIpc) is 2.46. The molecule has 0 aliphatic carbocycles. The Morgan fingerprint density at radius 2 is 2.05 bits per heavy atom. The number of nitrogens with one attached hydrogen (secondary N) is 1. The summed E-state index contributed by atoms with van der Waals surface area (Å²) in [6.45, 7) is 1.02. The molecule has 0 spiro atoms. The van der Waals surface area contributed by atoms with Crippen molar-refractivity contribution in [1.29, 1.82) is 0 Å². The van der Waals surface area contributed by atoms with E-state index in [-0.39, 0.29) is 11.9 Å². The van der Waals surface area contributed by atoms with Crippen LogP contribution in [0.15, 0.2) is 36.4 Å². The van der Waals surface area contributed by atoms with Crippen LogP contribution in [0.2, 0.25) is 10.0 Å². The fourth-order valence-electron chi connectivity index (χ4n) is 2.51. The van der Waals surface area contributed by atoms with Crippen molar-refractivity contribution in [2.45, 2.75) is 19.0 Å². The largest absolute Gasteiger partial charge is 0.492 e. The molecule has 0 saturated carbocycles. The predicted molar refractivity (Wildman–Crippen MR) is 82.6 cm³/mol. The van der Waals surface area contributed by atoms with E-state index >= 15 is 0 Å². The third-order valence-electron chi connectivity index (χ3n) is 3.56. The molecule has 110 valence electrons. The number of hydrogen-bond donors (Lipinski definition) is 1. The van der Waals surface area contributed by atoms with Gasteiger partial charge in [-0.2, -0.15) is 0 Å². The lowest BCUT2D eigenvalue weighted by Crippen LogP contribution is -2.27. The number of hydrogen-bond acceptors (Lipinski definition) is 2. The molecule has 21 heavy (non-hydrogen) atoms. The number of rotatable bonds is 3. The minimum Gasteiger partial charge on any atom is -0.492 e. The summed E-state index contributed by atoms with van der Waals surface area (Å²) >= 11 is 12.2. The molecule has 5 heteroatoms. The Kier molecular flexibility index (Phi) is 4.34. The van der Waals surface area contributed by atoms with Crippen molar-refractivity contribution in [1.82, 2.24) is 5.32 Å². The summed E-state index contributed by atoms with van der Waals surface area (Å²) in [4.78, 5) is 0. The van der Waals surface area contributed by atoms with E-state index in [2.05, 4.69) is 5.32 Å². The molecule has 2 nitrogen and oxygen atoms in total. The van der Waals surface area contributed by atoms with Crippen LogP contribution in [-0.4, -0.2) is 6.61 Å². The van der Waals surface area contributed by atoms with Crippen LogP contribution in [0.1, 0.15) is 23.6 Å². The first kappa shape index (κ1) is 14.6. The number of halogens is 3. The van der Waals surface area contributed by atoms with Crippen LogP contribution in [0, 0.1) is 5.82 Å². The molecule has 1 aliphatic heterocycles. The molecular formula is C16H14Cl2FNO. The highest BCUT2D eigenvalue weighted by Crippen LogP contribution is 2.40. The van der Waals surface area contributed by atoms with Crippen LogP contribution in [0.4, 0.5) is 4.39 Å². The molecule has 0 bridgehead atoms. The van der Waals surface area contributed by atoms with Gasteiger partial charge in [-0.15, -0.1) is 0 Å². The first-order chi connectivity index (χ1) is 10.1. The van der Waals surface area contributed by atoms with E-state index < -0.39 is 0 Å². The lowest BCUT2D eigenvalue weighted by atomic mass is 10.00. The fraction of sp³-hybridized carbons (Fsp3) is 0.250. The highest BCUT2D eigenvalue weighted by molar-refractivity contribution is 6.35. The second-order valence-electron chi connectivity index (χ2n) is 4.97. The second-order valence-corrected chi connectivity index (χ2v) is 5.81. The van der Waals surface area contributed by atoms with Gasteiger partial charge in [-0.3, -0.25) is 0 Å². The van der Waals surface area contributed by atoms with E-state index in [0.717, 1.165) is 12.0 Å². The molecule has 0 fully saturated rings. The first-order valence-corrected chi connectivity index (χ1v) is 7.49. The van der Waals surface area contributed by atoms with Crippen LogP contribution in [0.3, 0.4) is 0 Å². The highest BCUT2D eigenvalue weighted by Gasteiger charge is 2.24. The quantitative estimate of drug-likeness (QED) is 0.879. The molecule has 1 heterocycles. The Bertz CT molecular complexity index is 663. The van der Waals surface area contributed by atoms with Gasteiger partial charge in [0.25, 0.3) is 0 Å². The summed E-state index contributed by atoms with van der Waals surface area (Å²) in [5.41, 5.74) is 1.56. The van der Waals surface area contributed by atoms with E-state index in [9.17, 15) is 4.39 Å². The van der Waals surface area contributed by atoms with Crippen LogP contribution in [0.25, 0.3) is 0 Å². The minimum atomic E-state index is -0.207. The Hall–Kier alpha value is -1.29. The summed E-state index contributed by atoms with van der Waals surface area (Å²) < 4.78 is 19.3. The van der Waals surface area contributed by atoms with E-state index in [1.54, 1.807) is 18.2 Å². The minimum absolute atomic E-state index is 0.0459. The zero-order valence-corrected chi connectivity index (χ0v) is 12.7. The van der Waals surface area contributed by atoms with E-state index in [1.807, 2.05) is 12.1 Å². The highest BCUT2D eigenvalue weighted by atomic mass is 35.5. The number of benzene rings is 2. The summed E-state index contributed by atoms with van der Waals surface area (Å²) in [6.07, 6.45) is 0.790. The van der Waals surface area contributed by atoms with Gasteiger partial charge in [0, 0.05) is 35.2 Å². The summed E-state index contributed by atoms with van der Waals surface area (Å²) in [5, 5.41) is 4.43. The van der Waals surface area contributed by atoms with Crippen molar-refractivity contribution in [3.8, 4) is 5.75 Å². The van der Waals surface area contributed by atoms with Gasteiger partial charge in [0.05, 0.1) is 11.6 Å². The standard InChI is InChI=1S/C16H14Cl2FNO/c17-11-7-12-15(5-6-21-16(12)13(18)8-11)20-9-10-3-1-2-4-14(10)19/h1-4,7-8,15,20H,5-6,9H2. The van der Waals surface area contributed by atoms with Crippen molar-refractivity contribution in [3.05, 3.63) is 63.4 Å². The maximum absolute atomic E-state index is 13.7. The van der Waals surface area contributed by atoms with Crippen molar-refractivity contribution < 1.29 is 9.13 Å². The molecule has 1 atom stereocenters. The Morgan fingerprint density at radius 1 is 1.24 bits per heavy atom. The zero-order valence-electron chi connectivity index (χ0n) is 11.2. The Balaban J connectivity index is 1.81. The van der Waals surface area contributed by atoms with Crippen LogP contribution < -0.4 is 10.1 Å². The summed E-state index contributed by atoms with van der Waals surface area (Å²) in [6, 6.07) is 10.3. The predicted octanol–water partition coefficient (Wildman–Crippen LogP) is 4.75. The summed E-state index contributed by atoms with van der Waals surface area (Å²) in [7, 11) is 0. The third-order valence-corrected chi connectivity index (χ3v) is 4.06. The molecule has 0 saturated heterocycles. The number of ether oxygens (including phenoxy) is 1. The second kappa shape index (κ2) is 6.22. The lowest BCUT2D eigenvalue weighted by molar-refractivity contribution is 0.252. The van der Waals surface area contributed by atoms with Gasteiger partial charge in [0.2, 0.25) is 0 Å². The van der Waals surface area contributed by atoms with Crippen molar-refractivity contribution in [3.63, 3.8) is 0 Å². The Labute approximate surface area is 132 Å². The van der Waals surface area contributed by atoms with Gasteiger partial charge >= 0.3 is 0 Å². The average molecular weight is 326 g/mol. The topological polar surface area (TPSA) is 21.3 Å². The van der Waals surface area contributed by atoms with Gasteiger partial charge in [0.1, 0.15) is 11.6 Å². The van der Waals surface area contributed by atoms with E-state index in [1.165, 1.54) is 6.07 Å². The molecule has 0 aromatic heterocycles. The van der Waals surface area contributed by atoms with Crippen molar-refractivity contribution in [2.75, 3.05) is 6.61 Å². The molecule has 3 rings (SSSR count). The fourth-order valence-corrected chi connectivity index (χ4v) is 3.08. The van der Waals surface area contributed by atoms with Gasteiger partial charge in [-0.1, -0.05) is 41.4 Å². The zero-order chi connectivity index (χ0) is 14.8. The van der Waals surface area contributed by atoms with Gasteiger partial charge in [0.15, 0.2) is 0 Å². The van der Waals surface area contributed by atoms with Crippen molar-refractivity contribution in [2.24, 2.45) is 0 Å². The molecule has 2 aromatic carbocycles. The first-order valence-electron chi connectivity index (χ1n) is 6.73. The molecule has 1 unspecified atom stereocenters. The third kappa shape index (κ3) is 3.15. The SMILES string of the molecule is Fc1ccccc1CNC1CCOc2c(Cl)cc(Cl)cc21. The van der Waals surface area contributed by atoms with Crippen LogP contribution in [0.5, 0.6) is 5.75 Å². The summed E-state index contributed by atoms with van der Waals surface area (Å²) in [5.74, 6) is 0.458.